The highest BCUT2D eigenvalue weighted by atomic mass is 19.3. The van der Waals surface area contributed by atoms with Crippen LogP contribution < -0.4 is 11.1 Å². The summed E-state index contributed by atoms with van der Waals surface area (Å²) in [5, 5.41) is 12.7. The highest BCUT2D eigenvalue weighted by Crippen LogP contribution is 2.37. The SMILES string of the molecule is Nc1ccc(NCC2(CO)CCCCC2)c(C(F)F)c1. The van der Waals surface area contributed by atoms with Crippen molar-refractivity contribution in [3.63, 3.8) is 0 Å². The van der Waals surface area contributed by atoms with Crippen molar-refractivity contribution < 1.29 is 13.9 Å². The Morgan fingerprint density at radius 1 is 1.25 bits per heavy atom. The standard InChI is InChI=1S/C15H22F2N2O/c16-14(17)12-8-11(18)4-5-13(12)19-9-15(10-20)6-2-1-3-7-15/h4-5,8,14,19-20H,1-3,6-7,9-10,18H2. The molecule has 1 aliphatic carbocycles. The molecule has 0 heterocycles. The maximum atomic E-state index is 13.0. The van der Waals surface area contributed by atoms with Gasteiger partial charge in [-0.3, -0.25) is 0 Å². The fourth-order valence-corrected chi connectivity index (χ4v) is 2.90. The van der Waals surface area contributed by atoms with E-state index in [4.69, 9.17) is 5.73 Å². The Balaban J connectivity index is 2.09. The molecule has 4 N–H and O–H groups in total. The van der Waals surface area contributed by atoms with E-state index in [2.05, 4.69) is 5.32 Å². The van der Waals surface area contributed by atoms with Crippen molar-refractivity contribution in [2.45, 2.75) is 38.5 Å². The van der Waals surface area contributed by atoms with Crippen molar-refractivity contribution in [3.8, 4) is 0 Å². The number of anilines is 2. The normalized spacial score (nSPS) is 18.2. The third kappa shape index (κ3) is 3.39. The number of hydrogen-bond donors (Lipinski definition) is 3. The lowest BCUT2D eigenvalue weighted by Crippen LogP contribution is -2.35. The molecular formula is C15H22F2N2O. The molecule has 0 aliphatic heterocycles. The van der Waals surface area contributed by atoms with E-state index < -0.39 is 6.43 Å². The molecule has 0 unspecified atom stereocenters. The number of nitrogens with one attached hydrogen (secondary N) is 1. The number of alkyl halides is 2. The van der Waals surface area contributed by atoms with Crippen LogP contribution in [-0.2, 0) is 0 Å². The van der Waals surface area contributed by atoms with E-state index in [1.807, 2.05) is 0 Å². The van der Waals surface area contributed by atoms with Gasteiger partial charge in [-0.25, -0.2) is 8.78 Å². The zero-order valence-corrected chi connectivity index (χ0v) is 11.5. The molecule has 5 heteroatoms. The van der Waals surface area contributed by atoms with E-state index in [1.165, 1.54) is 12.5 Å². The zero-order chi connectivity index (χ0) is 14.6. The van der Waals surface area contributed by atoms with E-state index in [0.29, 0.717) is 17.9 Å². The van der Waals surface area contributed by atoms with Crippen LogP contribution in [0.2, 0.25) is 0 Å². The first-order valence-electron chi connectivity index (χ1n) is 7.09. The maximum Gasteiger partial charge on any atom is 0.265 e. The molecule has 20 heavy (non-hydrogen) atoms. The van der Waals surface area contributed by atoms with E-state index in [9.17, 15) is 13.9 Å². The van der Waals surface area contributed by atoms with Crippen LogP contribution in [0.15, 0.2) is 18.2 Å². The van der Waals surface area contributed by atoms with Gasteiger partial charge in [0, 0.05) is 28.9 Å². The molecular weight excluding hydrogens is 262 g/mol. The minimum absolute atomic E-state index is 0.0751. The van der Waals surface area contributed by atoms with Gasteiger partial charge in [-0.05, 0) is 31.0 Å². The fraction of sp³-hybridized carbons (Fsp3) is 0.600. The molecule has 1 aromatic carbocycles. The molecule has 3 nitrogen and oxygen atoms in total. The number of benzene rings is 1. The number of halogens is 2. The summed E-state index contributed by atoms with van der Waals surface area (Å²) in [7, 11) is 0. The summed E-state index contributed by atoms with van der Waals surface area (Å²) >= 11 is 0. The number of nitrogens with two attached hydrogens (primary N) is 1. The van der Waals surface area contributed by atoms with Gasteiger partial charge in [-0.2, -0.15) is 0 Å². The lowest BCUT2D eigenvalue weighted by atomic mass is 9.74. The van der Waals surface area contributed by atoms with Crippen LogP contribution in [-0.4, -0.2) is 18.3 Å². The quantitative estimate of drug-likeness (QED) is 0.725. The maximum absolute atomic E-state index is 13.0. The Bertz CT molecular complexity index is 445. The Morgan fingerprint density at radius 3 is 2.55 bits per heavy atom. The van der Waals surface area contributed by atoms with E-state index >= 15 is 0 Å². The van der Waals surface area contributed by atoms with Gasteiger partial charge in [-0.15, -0.1) is 0 Å². The number of nitrogen functional groups attached to an aromatic ring is 1. The second-order valence-electron chi connectivity index (χ2n) is 5.72. The zero-order valence-electron chi connectivity index (χ0n) is 11.5. The Morgan fingerprint density at radius 2 is 1.95 bits per heavy atom. The van der Waals surface area contributed by atoms with Gasteiger partial charge in [-0.1, -0.05) is 19.3 Å². The average molecular weight is 284 g/mol. The summed E-state index contributed by atoms with van der Waals surface area (Å²) in [6.45, 7) is 0.617. The first-order chi connectivity index (χ1) is 9.56. The van der Waals surface area contributed by atoms with Gasteiger partial charge in [0.25, 0.3) is 6.43 Å². The Hall–Kier alpha value is -1.36. The number of aliphatic hydroxyl groups excluding tert-OH is 1. The van der Waals surface area contributed by atoms with Crippen molar-refractivity contribution >= 4 is 11.4 Å². The fourth-order valence-electron chi connectivity index (χ4n) is 2.90. The van der Waals surface area contributed by atoms with Crippen LogP contribution in [0.5, 0.6) is 0 Å². The molecule has 1 saturated carbocycles. The van der Waals surface area contributed by atoms with Gasteiger partial charge in [0.05, 0.1) is 6.61 Å². The van der Waals surface area contributed by atoms with E-state index in [-0.39, 0.29) is 17.6 Å². The molecule has 1 aliphatic rings. The Labute approximate surface area is 118 Å². The predicted octanol–water partition coefficient (Wildman–Crippen LogP) is 3.56. The summed E-state index contributed by atoms with van der Waals surface area (Å²) < 4.78 is 26.0. The molecule has 0 radical (unpaired) electrons. The second kappa shape index (κ2) is 6.39. The Kier molecular flexibility index (Phi) is 4.81. The average Bonchev–Trinajstić information content (AvgIpc) is 2.47. The second-order valence-corrected chi connectivity index (χ2v) is 5.72. The lowest BCUT2D eigenvalue weighted by Gasteiger charge is -2.36. The van der Waals surface area contributed by atoms with Crippen molar-refractivity contribution in [2.24, 2.45) is 5.41 Å². The summed E-state index contributed by atoms with van der Waals surface area (Å²) in [6, 6.07) is 4.50. The molecule has 112 valence electrons. The summed E-state index contributed by atoms with van der Waals surface area (Å²) in [5.41, 5.74) is 6.04. The molecule has 0 saturated heterocycles. The first-order valence-corrected chi connectivity index (χ1v) is 7.09. The predicted molar refractivity (Wildman–Crippen MR) is 76.9 cm³/mol. The number of aliphatic hydroxyl groups is 1. The van der Waals surface area contributed by atoms with Crippen LogP contribution >= 0.6 is 0 Å². The van der Waals surface area contributed by atoms with Crippen LogP contribution in [0, 0.1) is 5.41 Å². The van der Waals surface area contributed by atoms with Gasteiger partial charge in [0.1, 0.15) is 0 Å². The molecule has 0 bridgehead atoms. The summed E-state index contributed by atoms with van der Waals surface area (Å²) in [6.07, 6.45) is 2.69. The minimum atomic E-state index is -2.56. The van der Waals surface area contributed by atoms with Gasteiger partial charge in [0.15, 0.2) is 0 Å². The van der Waals surface area contributed by atoms with Gasteiger partial charge in [0.2, 0.25) is 0 Å². The minimum Gasteiger partial charge on any atom is -0.399 e. The van der Waals surface area contributed by atoms with Gasteiger partial charge < -0.3 is 16.2 Å². The van der Waals surface area contributed by atoms with Crippen LogP contribution in [0.25, 0.3) is 0 Å². The van der Waals surface area contributed by atoms with E-state index in [0.717, 1.165) is 25.7 Å². The molecule has 0 aromatic heterocycles. The van der Waals surface area contributed by atoms with Crippen molar-refractivity contribution in [1.29, 1.82) is 0 Å². The smallest absolute Gasteiger partial charge is 0.265 e. The van der Waals surface area contributed by atoms with Crippen molar-refractivity contribution in [2.75, 3.05) is 24.2 Å². The molecule has 0 atom stereocenters. The summed E-state index contributed by atoms with van der Waals surface area (Å²) in [4.78, 5) is 0. The topological polar surface area (TPSA) is 58.3 Å². The van der Waals surface area contributed by atoms with Crippen LogP contribution in [0.1, 0.15) is 44.1 Å². The molecule has 1 aromatic rings. The highest BCUT2D eigenvalue weighted by molar-refractivity contribution is 5.58. The monoisotopic (exact) mass is 284 g/mol. The summed E-state index contributed by atoms with van der Waals surface area (Å²) in [5.74, 6) is 0. The third-order valence-corrected chi connectivity index (χ3v) is 4.21. The third-order valence-electron chi connectivity index (χ3n) is 4.21. The number of hydrogen-bond acceptors (Lipinski definition) is 3. The molecule has 0 amide bonds. The molecule has 2 rings (SSSR count). The van der Waals surface area contributed by atoms with Crippen LogP contribution in [0.4, 0.5) is 20.2 Å². The largest absolute Gasteiger partial charge is 0.399 e. The molecule has 1 fully saturated rings. The van der Waals surface area contributed by atoms with Crippen molar-refractivity contribution in [3.05, 3.63) is 23.8 Å². The number of rotatable bonds is 5. The molecule has 0 spiro atoms. The lowest BCUT2D eigenvalue weighted by molar-refractivity contribution is 0.0942. The first kappa shape index (κ1) is 15.0. The van der Waals surface area contributed by atoms with Crippen molar-refractivity contribution in [1.82, 2.24) is 0 Å². The highest BCUT2D eigenvalue weighted by Gasteiger charge is 2.31. The van der Waals surface area contributed by atoms with Gasteiger partial charge >= 0.3 is 0 Å². The van der Waals surface area contributed by atoms with E-state index in [1.54, 1.807) is 12.1 Å². The van der Waals surface area contributed by atoms with Crippen LogP contribution in [0.3, 0.4) is 0 Å².